The molecular weight excluding hydrogens is 352 g/mol. The Labute approximate surface area is 168 Å². The summed E-state index contributed by atoms with van der Waals surface area (Å²) in [5.41, 5.74) is 1.24. The highest BCUT2D eigenvalue weighted by Crippen LogP contribution is 2.25. The highest BCUT2D eigenvalue weighted by atomic mass is 16.5. The van der Waals surface area contributed by atoms with Gasteiger partial charge in [0, 0.05) is 13.1 Å². The molecule has 28 heavy (non-hydrogen) atoms. The Kier molecular flexibility index (Phi) is 7.79. The maximum atomic E-state index is 5.70. The lowest BCUT2D eigenvalue weighted by molar-refractivity contribution is 0.221. The fraction of sp³-hybridized carbons (Fsp3) is 0.500. The lowest BCUT2D eigenvalue weighted by Gasteiger charge is -2.24. The third-order valence-electron chi connectivity index (χ3n) is 5.06. The first-order valence-electron chi connectivity index (χ1n) is 10.2. The van der Waals surface area contributed by atoms with Crippen LogP contribution in [0.3, 0.4) is 0 Å². The smallest absolute Gasteiger partial charge is 0.191 e. The summed E-state index contributed by atoms with van der Waals surface area (Å²) in [5.74, 6) is 2.74. The number of hydrogen-bond donors (Lipinski definition) is 2. The second kappa shape index (κ2) is 10.8. The van der Waals surface area contributed by atoms with Crippen molar-refractivity contribution in [2.75, 3.05) is 39.8 Å². The Hall–Kier alpha value is -2.47. The minimum atomic E-state index is 0.200. The number of aliphatic imine (C=N–C) groups is 1. The normalized spacial score (nSPS) is 16.1. The number of rotatable bonds is 9. The van der Waals surface area contributed by atoms with Crippen LogP contribution < -0.4 is 15.4 Å². The molecule has 1 atom stereocenters. The van der Waals surface area contributed by atoms with Crippen molar-refractivity contribution < 1.29 is 9.15 Å². The van der Waals surface area contributed by atoms with Gasteiger partial charge in [0.15, 0.2) is 5.96 Å². The van der Waals surface area contributed by atoms with E-state index >= 15 is 0 Å². The predicted octanol–water partition coefficient (Wildman–Crippen LogP) is 3.22. The summed E-state index contributed by atoms with van der Waals surface area (Å²) in [6.07, 6.45) is 5.16. The minimum absolute atomic E-state index is 0.200. The molecule has 0 spiro atoms. The molecule has 1 fully saturated rings. The average molecular weight is 385 g/mol. The molecule has 1 aliphatic heterocycles. The quantitative estimate of drug-likeness (QED) is 0.513. The molecule has 6 heteroatoms. The van der Waals surface area contributed by atoms with E-state index in [9.17, 15) is 0 Å². The Morgan fingerprint density at radius 2 is 2.07 bits per heavy atom. The van der Waals surface area contributed by atoms with Crippen molar-refractivity contribution in [1.82, 2.24) is 15.5 Å². The van der Waals surface area contributed by atoms with E-state index in [1.807, 2.05) is 18.2 Å². The first-order chi connectivity index (χ1) is 13.8. The van der Waals surface area contributed by atoms with E-state index in [4.69, 9.17) is 14.1 Å². The third-order valence-corrected chi connectivity index (χ3v) is 5.06. The molecule has 6 nitrogen and oxygen atoms in total. The van der Waals surface area contributed by atoms with Gasteiger partial charge in [0.05, 0.1) is 26.0 Å². The summed E-state index contributed by atoms with van der Waals surface area (Å²) in [4.78, 5) is 7.32. The van der Waals surface area contributed by atoms with E-state index in [-0.39, 0.29) is 6.04 Å². The van der Waals surface area contributed by atoms with E-state index in [1.165, 1.54) is 18.4 Å². The Bertz CT molecular complexity index is 724. The SMILES string of the molecule is CCNC(=NCC(c1ccco1)N1CCCC1)NCCc1cccc(OC)c1. The molecule has 2 aromatic rings. The zero-order valence-electron chi connectivity index (χ0n) is 17.0. The van der Waals surface area contributed by atoms with Crippen molar-refractivity contribution in [1.29, 1.82) is 0 Å². The number of nitrogens with zero attached hydrogens (tertiary/aromatic N) is 2. The molecule has 2 heterocycles. The van der Waals surface area contributed by atoms with Gasteiger partial charge in [-0.05, 0) is 69.1 Å². The van der Waals surface area contributed by atoms with E-state index in [2.05, 4.69) is 40.7 Å². The van der Waals surface area contributed by atoms with Crippen LogP contribution in [0.5, 0.6) is 5.75 Å². The van der Waals surface area contributed by atoms with Gasteiger partial charge in [0.25, 0.3) is 0 Å². The number of guanidine groups is 1. The largest absolute Gasteiger partial charge is 0.497 e. The van der Waals surface area contributed by atoms with Gasteiger partial charge < -0.3 is 19.8 Å². The highest BCUT2D eigenvalue weighted by molar-refractivity contribution is 5.79. The molecule has 1 aromatic heterocycles. The minimum Gasteiger partial charge on any atom is -0.497 e. The number of ether oxygens (including phenoxy) is 1. The number of furan rings is 1. The lowest BCUT2D eigenvalue weighted by atomic mass is 10.1. The lowest BCUT2D eigenvalue weighted by Crippen LogP contribution is -2.39. The first kappa shape index (κ1) is 20.3. The zero-order valence-corrected chi connectivity index (χ0v) is 17.0. The Morgan fingerprint density at radius 3 is 2.79 bits per heavy atom. The maximum absolute atomic E-state index is 5.70. The van der Waals surface area contributed by atoms with Gasteiger partial charge >= 0.3 is 0 Å². The summed E-state index contributed by atoms with van der Waals surface area (Å²) in [6.45, 7) is 6.64. The van der Waals surface area contributed by atoms with Crippen molar-refractivity contribution in [3.05, 3.63) is 54.0 Å². The topological polar surface area (TPSA) is 62.0 Å². The van der Waals surface area contributed by atoms with Gasteiger partial charge in [-0.25, -0.2) is 0 Å². The summed E-state index contributed by atoms with van der Waals surface area (Å²) < 4.78 is 11.0. The van der Waals surface area contributed by atoms with Crippen LogP contribution >= 0.6 is 0 Å². The number of methoxy groups -OCH3 is 1. The molecule has 0 aliphatic carbocycles. The van der Waals surface area contributed by atoms with Gasteiger partial charge in [-0.2, -0.15) is 0 Å². The monoisotopic (exact) mass is 384 g/mol. The van der Waals surface area contributed by atoms with Crippen LogP contribution in [-0.2, 0) is 6.42 Å². The van der Waals surface area contributed by atoms with E-state index in [0.29, 0.717) is 6.54 Å². The molecule has 0 saturated carbocycles. The Morgan fingerprint density at radius 1 is 1.21 bits per heavy atom. The number of hydrogen-bond acceptors (Lipinski definition) is 4. The molecule has 152 valence electrons. The molecule has 1 unspecified atom stereocenters. The standard InChI is InChI=1S/C22H32N4O2/c1-3-23-22(24-12-11-18-8-6-9-19(16-18)27-2)25-17-20(21-10-7-15-28-21)26-13-4-5-14-26/h6-10,15-16,20H,3-5,11-14,17H2,1-2H3,(H2,23,24,25). The fourth-order valence-corrected chi connectivity index (χ4v) is 3.59. The summed E-state index contributed by atoms with van der Waals surface area (Å²) in [5, 5.41) is 6.79. The van der Waals surface area contributed by atoms with Crippen molar-refractivity contribution in [2.24, 2.45) is 4.99 Å². The molecule has 1 saturated heterocycles. The number of nitrogens with one attached hydrogen (secondary N) is 2. The highest BCUT2D eigenvalue weighted by Gasteiger charge is 2.25. The van der Waals surface area contributed by atoms with Gasteiger partial charge in [-0.15, -0.1) is 0 Å². The van der Waals surface area contributed by atoms with Crippen LogP contribution in [-0.4, -0.2) is 50.7 Å². The van der Waals surface area contributed by atoms with Crippen molar-refractivity contribution >= 4 is 5.96 Å². The van der Waals surface area contributed by atoms with E-state index in [1.54, 1.807) is 13.4 Å². The third kappa shape index (κ3) is 5.76. The summed E-state index contributed by atoms with van der Waals surface area (Å²) >= 11 is 0. The molecule has 1 aromatic carbocycles. The molecular formula is C22H32N4O2. The predicted molar refractivity (Wildman–Crippen MR) is 113 cm³/mol. The molecule has 0 radical (unpaired) electrons. The van der Waals surface area contributed by atoms with Crippen LogP contribution in [0.4, 0.5) is 0 Å². The van der Waals surface area contributed by atoms with E-state index < -0.39 is 0 Å². The molecule has 0 amide bonds. The van der Waals surface area contributed by atoms with Gasteiger partial charge in [0.1, 0.15) is 11.5 Å². The van der Waals surface area contributed by atoms with Crippen molar-refractivity contribution in [3.63, 3.8) is 0 Å². The van der Waals surface area contributed by atoms with Crippen LogP contribution in [0, 0.1) is 0 Å². The average Bonchev–Trinajstić information content (AvgIpc) is 3.43. The molecule has 0 bridgehead atoms. The van der Waals surface area contributed by atoms with E-state index in [0.717, 1.165) is 50.1 Å². The van der Waals surface area contributed by atoms with Gasteiger partial charge in [0.2, 0.25) is 0 Å². The van der Waals surface area contributed by atoms with Gasteiger partial charge in [-0.1, -0.05) is 12.1 Å². The zero-order chi connectivity index (χ0) is 19.6. The van der Waals surface area contributed by atoms with Crippen molar-refractivity contribution in [2.45, 2.75) is 32.2 Å². The first-order valence-corrected chi connectivity index (χ1v) is 10.2. The summed E-state index contributed by atoms with van der Waals surface area (Å²) in [6, 6.07) is 12.4. The Balaban J connectivity index is 1.58. The van der Waals surface area contributed by atoms with Crippen LogP contribution in [0.25, 0.3) is 0 Å². The number of benzene rings is 1. The second-order valence-corrected chi connectivity index (χ2v) is 7.02. The molecule has 3 rings (SSSR count). The number of likely N-dealkylation sites (tertiary alicyclic amines) is 1. The van der Waals surface area contributed by atoms with Gasteiger partial charge in [-0.3, -0.25) is 9.89 Å². The maximum Gasteiger partial charge on any atom is 0.191 e. The summed E-state index contributed by atoms with van der Waals surface area (Å²) in [7, 11) is 1.70. The second-order valence-electron chi connectivity index (χ2n) is 7.02. The molecule has 2 N–H and O–H groups in total. The fourth-order valence-electron chi connectivity index (χ4n) is 3.59. The van der Waals surface area contributed by atoms with Crippen molar-refractivity contribution in [3.8, 4) is 5.75 Å². The molecule has 1 aliphatic rings. The van der Waals surface area contributed by atoms with Crippen LogP contribution in [0.1, 0.15) is 37.1 Å². The van der Waals surface area contributed by atoms with Crippen LogP contribution in [0.2, 0.25) is 0 Å². The van der Waals surface area contributed by atoms with Crippen LogP contribution in [0.15, 0.2) is 52.1 Å².